The number of methoxy groups -OCH3 is 3. The standard InChI is InChI=1S/C15H17O3/c1-5-10-6-8-12(16-2)14-11(10)7-9-13(17-3)15(14)18-4/h5-9H,1-4H3. The maximum absolute atomic E-state index is 5.47. The van der Waals surface area contributed by atoms with Gasteiger partial charge < -0.3 is 14.2 Å². The Morgan fingerprint density at radius 3 is 2.06 bits per heavy atom. The quantitative estimate of drug-likeness (QED) is 0.825. The van der Waals surface area contributed by atoms with Crippen LogP contribution in [0.1, 0.15) is 12.5 Å². The predicted octanol–water partition coefficient (Wildman–Crippen LogP) is 3.44. The second kappa shape index (κ2) is 5.17. The molecule has 0 aliphatic heterocycles. The minimum absolute atomic E-state index is 0.704. The van der Waals surface area contributed by atoms with Crippen LogP contribution in [0.2, 0.25) is 0 Å². The van der Waals surface area contributed by atoms with E-state index in [-0.39, 0.29) is 0 Å². The van der Waals surface area contributed by atoms with Crippen LogP contribution in [-0.2, 0) is 0 Å². The topological polar surface area (TPSA) is 27.7 Å². The van der Waals surface area contributed by atoms with Crippen molar-refractivity contribution in [2.75, 3.05) is 21.3 Å². The second-order valence-corrected chi connectivity index (χ2v) is 3.87. The molecule has 18 heavy (non-hydrogen) atoms. The number of fused-ring (bicyclic) bond motifs is 1. The van der Waals surface area contributed by atoms with E-state index in [1.54, 1.807) is 21.3 Å². The summed E-state index contributed by atoms with van der Waals surface area (Å²) in [6.07, 6.45) is 2.06. The van der Waals surface area contributed by atoms with Crippen LogP contribution in [0.15, 0.2) is 24.3 Å². The largest absolute Gasteiger partial charge is 0.496 e. The Balaban J connectivity index is 2.88. The van der Waals surface area contributed by atoms with Crippen molar-refractivity contribution in [2.45, 2.75) is 6.92 Å². The molecule has 0 N–H and O–H groups in total. The van der Waals surface area contributed by atoms with Crippen LogP contribution in [0.5, 0.6) is 17.2 Å². The smallest absolute Gasteiger partial charge is 0.172 e. The zero-order chi connectivity index (χ0) is 13.1. The van der Waals surface area contributed by atoms with Crippen molar-refractivity contribution in [1.82, 2.24) is 0 Å². The molecule has 0 bridgehead atoms. The molecule has 0 saturated carbocycles. The molecule has 95 valence electrons. The SMILES string of the molecule is C[CH]c1ccc(OC)c2c(OC)c(OC)ccc12. The normalized spacial score (nSPS) is 10.4. The van der Waals surface area contributed by atoms with Crippen LogP contribution in [0.25, 0.3) is 10.8 Å². The van der Waals surface area contributed by atoms with E-state index in [0.29, 0.717) is 11.5 Å². The van der Waals surface area contributed by atoms with E-state index in [4.69, 9.17) is 14.2 Å². The van der Waals surface area contributed by atoms with Crippen molar-refractivity contribution >= 4 is 10.8 Å². The number of ether oxygens (including phenoxy) is 3. The first kappa shape index (κ1) is 12.6. The minimum Gasteiger partial charge on any atom is -0.496 e. The molecule has 0 spiro atoms. The van der Waals surface area contributed by atoms with Crippen molar-refractivity contribution in [3.63, 3.8) is 0 Å². The molecular formula is C15H17O3. The minimum atomic E-state index is 0.704. The molecule has 1 radical (unpaired) electrons. The Kier molecular flexibility index (Phi) is 3.60. The molecule has 3 heteroatoms. The summed E-state index contributed by atoms with van der Waals surface area (Å²) in [5, 5.41) is 2.03. The Morgan fingerprint density at radius 1 is 0.833 bits per heavy atom. The fraction of sp³-hybridized carbons (Fsp3) is 0.267. The third-order valence-electron chi connectivity index (χ3n) is 3.05. The summed E-state index contributed by atoms with van der Waals surface area (Å²) in [6, 6.07) is 7.91. The zero-order valence-electron chi connectivity index (χ0n) is 11.1. The summed E-state index contributed by atoms with van der Waals surface area (Å²) in [5.74, 6) is 2.19. The number of rotatable bonds is 4. The lowest BCUT2D eigenvalue weighted by Crippen LogP contribution is -1.95. The molecule has 0 heterocycles. The summed E-state index contributed by atoms with van der Waals surface area (Å²) in [7, 11) is 4.92. The fourth-order valence-electron chi connectivity index (χ4n) is 2.17. The van der Waals surface area contributed by atoms with E-state index in [1.165, 1.54) is 0 Å². The maximum atomic E-state index is 5.47. The van der Waals surface area contributed by atoms with Gasteiger partial charge in [0.25, 0.3) is 0 Å². The summed E-state index contributed by atoms with van der Waals surface area (Å²) in [6.45, 7) is 2.01. The van der Waals surface area contributed by atoms with Gasteiger partial charge in [0.05, 0.1) is 26.7 Å². The van der Waals surface area contributed by atoms with E-state index in [2.05, 4.69) is 6.42 Å². The molecule has 2 aromatic carbocycles. The first-order valence-electron chi connectivity index (χ1n) is 5.77. The first-order valence-corrected chi connectivity index (χ1v) is 5.77. The van der Waals surface area contributed by atoms with E-state index in [9.17, 15) is 0 Å². The lowest BCUT2D eigenvalue weighted by atomic mass is 10.0. The summed E-state index contributed by atoms with van der Waals surface area (Å²) in [4.78, 5) is 0. The van der Waals surface area contributed by atoms with Crippen molar-refractivity contribution in [2.24, 2.45) is 0 Å². The third kappa shape index (κ3) is 1.86. The zero-order valence-corrected chi connectivity index (χ0v) is 11.1. The second-order valence-electron chi connectivity index (χ2n) is 3.87. The van der Waals surface area contributed by atoms with Crippen molar-refractivity contribution in [3.05, 3.63) is 36.2 Å². The van der Waals surface area contributed by atoms with Gasteiger partial charge in [0.1, 0.15) is 5.75 Å². The van der Waals surface area contributed by atoms with Gasteiger partial charge in [-0.25, -0.2) is 0 Å². The van der Waals surface area contributed by atoms with Crippen LogP contribution >= 0.6 is 0 Å². The molecule has 0 amide bonds. The van der Waals surface area contributed by atoms with Gasteiger partial charge in [0.2, 0.25) is 0 Å². The van der Waals surface area contributed by atoms with Gasteiger partial charge in [-0.1, -0.05) is 13.0 Å². The molecular weight excluding hydrogens is 228 g/mol. The number of hydrogen-bond acceptors (Lipinski definition) is 3. The maximum Gasteiger partial charge on any atom is 0.172 e. The van der Waals surface area contributed by atoms with Gasteiger partial charge in [-0.2, -0.15) is 0 Å². The van der Waals surface area contributed by atoms with Crippen LogP contribution < -0.4 is 14.2 Å². The highest BCUT2D eigenvalue weighted by Gasteiger charge is 2.15. The lowest BCUT2D eigenvalue weighted by molar-refractivity contribution is 0.356. The van der Waals surface area contributed by atoms with Gasteiger partial charge in [0, 0.05) is 0 Å². The fourth-order valence-corrected chi connectivity index (χ4v) is 2.17. The Hall–Kier alpha value is -1.90. The van der Waals surface area contributed by atoms with Crippen LogP contribution in [0.4, 0.5) is 0 Å². The van der Waals surface area contributed by atoms with Crippen LogP contribution in [0.3, 0.4) is 0 Å². The van der Waals surface area contributed by atoms with Crippen molar-refractivity contribution < 1.29 is 14.2 Å². The highest BCUT2D eigenvalue weighted by molar-refractivity contribution is 5.98. The van der Waals surface area contributed by atoms with Gasteiger partial charge in [-0.05, 0) is 35.6 Å². The van der Waals surface area contributed by atoms with Gasteiger partial charge in [-0.3, -0.25) is 0 Å². The molecule has 0 aliphatic rings. The van der Waals surface area contributed by atoms with E-state index < -0.39 is 0 Å². The van der Waals surface area contributed by atoms with Gasteiger partial charge in [0.15, 0.2) is 11.5 Å². The first-order chi connectivity index (χ1) is 8.76. The van der Waals surface area contributed by atoms with Crippen molar-refractivity contribution in [1.29, 1.82) is 0 Å². The van der Waals surface area contributed by atoms with Crippen LogP contribution in [0, 0.1) is 6.42 Å². The van der Waals surface area contributed by atoms with E-state index in [1.807, 2.05) is 31.2 Å². The molecule has 2 aromatic rings. The molecule has 0 atom stereocenters. The predicted molar refractivity (Wildman–Crippen MR) is 72.7 cm³/mol. The molecule has 0 saturated heterocycles. The number of benzene rings is 2. The summed E-state index contributed by atoms with van der Waals surface area (Å²) in [5.41, 5.74) is 1.15. The Morgan fingerprint density at radius 2 is 1.50 bits per heavy atom. The molecule has 2 rings (SSSR count). The lowest BCUT2D eigenvalue weighted by Gasteiger charge is -2.15. The summed E-state index contributed by atoms with van der Waals surface area (Å²) >= 11 is 0. The summed E-state index contributed by atoms with van der Waals surface area (Å²) < 4.78 is 16.2. The van der Waals surface area contributed by atoms with E-state index >= 15 is 0 Å². The highest BCUT2D eigenvalue weighted by Crippen LogP contribution is 2.42. The van der Waals surface area contributed by atoms with E-state index in [0.717, 1.165) is 22.1 Å². The Bertz CT molecular complexity index is 561. The number of hydrogen-bond donors (Lipinski definition) is 0. The average Bonchev–Trinajstić information content (AvgIpc) is 2.44. The van der Waals surface area contributed by atoms with Crippen molar-refractivity contribution in [3.8, 4) is 17.2 Å². The molecule has 0 aliphatic carbocycles. The molecule has 0 aromatic heterocycles. The molecule has 3 nitrogen and oxygen atoms in total. The average molecular weight is 245 g/mol. The highest BCUT2D eigenvalue weighted by atomic mass is 16.5. The molecule has 0 fully saturated rings. The third-order valence-corrected chi connectivity index (χ3v) is 3.05. The monoisotopic (exact) mass is 245 g/mol. The van der Waals surface area contributed by atoms with Gasteiger partial charge in [-0.15, -0.1) is 0 Å². The van der Waals surface area contributed by atoms with Crippen LogP contribution in [-0.4, -0.2) is 21.3 Å². The Labute approximate surface area is 107 Å². The molecule has 0 unspecified atom stereocenters. The van der Waals surface area contributed by atoms with Gasteiger partial charge >= 0.3 is 0 Å².